The Bertz CT molecular complexity index is 988. The molecule has 1 aliphatic carbocycles. The Balaban J connectivity index is 1.84. The minimum atomic E-state index is -0.874. The molecule has 2 aromatic rings. The van der Waals surface area contributed by atoms with Crippen LogP contribution in [-0.2, 0) is 16.0 Å². The van der Waals surface area contributed by atoms with Crippen molar-refractivity contribution in [2.75, 3.05) is 6.61 Å². The average molecular weight is 425 g/mol. The fourth-order valence-electron chi connectivity index (χ4n) is 3.01. The van der Waals surface area contributed by atoms with Crippen LogP contribution in [0.15, 0.2) is 48.5 Å². The van der Waals surface area contributed by atoms with E-state index in [2.05, 4.69) is 10.6 Å². The summed E-state index contributed by atoms with van der Waals surface area (Å²) in [7, 11) is 0. The highest BCUT2D eigenvalue weighted by Gasteiger charge is 2.29. The molecule has 162 valence electrons. The van der Waals surface area contributed by atoms with Crippen LogP contribution in [0, 0.1) is 10.1 Å². The SMILES string of the molecule is CCOC(=O)c1cc(C(=O)NC(Cc2ccccc2)C(=O)NC2CC2)cc([N+](=O)[O-])c1. The predicted molar refractivity (Wildman–Crippen MR) is 112 cm³/mol. The standard InChI is InChI=1S/C22H23N3O6/c1-2-31-22(28)16-11-15(12-18(13-16)25(29)30)20(26)24-19(21(27)23-17-8-9-17)10-14-6-4-3-5-7-14/h3-7,11-13,17,19H,2,8-10H2,1H3,(H,23,27)(H,24,26). The molecule has 1 aliphatic rings. The Morgan fingerprint density at radius 3 is 2.42 bits per heavy atom. The molecule has 1 fully saturated rings. The van der Waals surface area contributed by atoms with E-state index in [1.165, 1.54) is 6.07 Å². The molecule has 9 heteroatoms. The fraction of sp³-hybridized carbons (Fsp3) is 0.318. The molecule has 2 aromatic carbocycles. The number of nitrogens with one attached hydrogen (secondary N) is 2. The maximum absolute atomic E-state index is 12.9. The van der Waals surface area contributed by atoms with E-state index in [9.17, 15) is 24.5 Å². The lowest BCUT2D eigenvalue weighted by molar-refractivity contribution is -0.384. The number of nitro groups is 1. The number of nitro benzene ring substituents is 1. The highest BCUT2D eigenvalue weighted by atomic mass is 16.6. The molecule has 0 aliphatic heterocycles. The average Bonchev–Trinajstić information content (AvgIpc) is 3.57. The minimum absolute atomic E-state index is 0.0868. The molecule has 0 radical (unpaired) electrons. The van der Waals surface area contributed by atoms with Gasteiger partial charge in [0.25, 0.3) is 11.6 Å². The zero-order valence-corrected chi connectivity index (χ0v) is 17.0. The molecule has 1 unspecified atom stereocenters. The third-order valence-electron chi connectivity index (χ3n) is 4.73. The van der Waals surface area contributed by atoms with Gasteiger partial charge in [0, 0.05) is 30.2 Å². The Kier molecular flexibility index (Phi) is 6.96. The van der Waals surface area contributed by atoms with E-state index in [0.717, 1.165) is 30.5 Å². The number of ether oxygens (including phenoxy) is 1. The van der Waals surface area contributed by atoms with Gasteiger partial charge >= 0.3 is 5.97 Å². The highest BCUT2D eigenvalue weighted by molar-refractivity contribution is 6.01. The molecular formula is C22H23N3O6. The molecule has 3 rings (SSSR count). The number of amides is 2. The number of benzene rings is 2. The summed E-state index contributed by atoms with van der Waals surface area (Å²) in [4.78, 5) is 48.2. The van der Waals surface area contributed by atoms with Crippen molar-refractivity contribution in [1.82, 2.24) is 10.6 Å². The summed E-state index contributed by atoms with van der Waals surface area (Å²) in [5, 5.41) is 16.8. The van der Waals surface area contributed by atoms with E-state index in [4.69, 9.17) is 4.74 Å². The fourth-order valence-corrected chi connectivity index (χ4v) is 3.01. The van der Waals surface area contributed by atoms with Crippen LogP contribution in [0.5, 0.6) is 0 Å². The summed E-state index contributed by atoms with van der Waals surface area (Å²) < 4.78 is 4.89. The Morgan fingerprint density at radius 2 is 1.81 bits per heavy atom. The number of non-ortho nitro benzene ring substituents is 1. The van der Waals surface area contributed by atoms with Gasteiger partial charge in [0.15, 0.2) is 0 Å². The van der Waals surface area contributed by atoms with Crippen molar-refractivity contribution in [3.8, 4) is 0 Å². The number of carbonyl (C=O) groups excluding carboxylic acids is 3. The van der Waals surface area contributed by atoms with Gasteiger partial charge < -0.3 is 15.4 Å². The zero-order valence-electron chi connectivity index (χ0n) is 17.0. The van der Waals surface area contributed by atoms with Crippen LogP contribution >= 0.6 is 0 Å². The lowest BCUT2D eigenvalue weighted by Gasteiger charge is -2.19. The van der Waals surface area contributed by atoms with Crippen molar-refractivity contribution in [3.63, 3.8) is 0 Å². The Morgan fingerprint density at radius 1 is 1.13 bits per heavy atom. The van der Waals surface area contributed by atoms with Gasteiger partial charge in [-0.15, -0.1) is 0 Å². The largest absolute Gasteiger partial charge is 0.462 e. The molecule has 1 saturated carbocycles. The van der Waals surface area contributed by atoms with Gasteiger partial charge in [-0.3, -0.25) is 19.7 Å². The lowest BCUT2D eigenvalue weighted by atomic mass is 10.0. The smallest absolute Gasteiger partial charge is 0.338 e. The van der Waals surface area contributed by atoms with Gasteiger partial charge in [0.1, 0.15) is 6.04 Å². The first-order valence-corrected chi connectivity index (χ1v) is 9.99. The quantitative estimate of drug-likeness (QED) is 0.361. The predicted octanol–water partition coefficient (Wildman–Crippen LogP) is 2.39. The van der Waals surface area contributed by atoms with Crippen LogP contribution in [0.1, 0.15) is 46.0 Å². The molecular weight excluding hydrogens is 402 g/mol. The van der Waals surface area contributed by atoms with Gasteiger partial charge in [-0.25, -0.2) is 4.79 Å². The summed E-state index contributed by atoms with van der Waals surface area (Å²) in [6.45, 7) is 1.69. The van der Waals surface area contributed by atoms with E-state index in [1.807, 2.05) is 30.3 Å². The molecule has 0 bridgehead atoms. The van der Waals surface area contributed by atoms with Crippen molar-refractivity contribution in [1.29, 1.82) is 0 Å². The van der Waals surface area contributed by atoms with Gasteiger partial charge in [0.2, 0.25) is 5.91 Å². The second kappa shape index (κ2) is 9.84. The van der Waals surface area contributed by atoms with E-state index in [-0.39, 0.29) is 36.1 Å². The van der Waals surface area contributed by atoms with Gasteiger partial charge in [0.05, 0.1) is 17.1 Å². The summed E-state index contributed by atoms with van der Waals surface area (Å²) in [5.74, 6) is -1.79. The summed E-state index contributed by atoms with van der Waals surface area (Å²) >= 11 is 0. The van der Waals surface area contributed by atoms with Crippen LogP contribution < -0.4 is 10.6 Å². The molecule has 1 atom stereocenters. The van der Waals surface area contributed by atoms with Crippen LogP contribution in [0.25, 0.3) is 0 Å². The maximum atomic E-state index is 12.9. The maximum Gasteiger partial charge on any atom is 0.338 e. The van der Waals surface area contributed by atoms with Crippen LogP contribution in [0.3, 0.4) is 0 Å². The Hall–Kier alpha value is -3.75. The first-order chi connectivity index (χ1) is 14.9. The molecule has 2 N–H and O–H groups in total. The van der Waals surface area contributed by atoms with Gasteiger partial charge in [-0.1, -0.05) is 30.3 Å². The van der Waals surface area contributed by atoms with E-state index < -0.39 is 28.5 Å². The first-order valence-electron chi connectivity index (χ1n) is 9.99. The van der Waals surface area contributed by atoms with Crippen molar-refractivity contribution >= 4 is 23.5 Å². The van der Waals surface area contributed by atoms with Crippen molar-refractivity contribution < 1.29 is 24.0 Å². The molecule has 0 saturated heterocycles. The highest BCUT2D eigenvalue weighted by Crippen LogP contribution is 2.20. The number of esters is 1. The molecule has 0 spiro atoms. The summed E-state index contributed by atoms with van der Waals surface area (Å²) in [6, 6.07) is 11.8. The molecule has 9 nitrogen and oxygen atoms in total. The second-order valence-corrected chi connectivity index (χ2v) is 7.24. The molecule has 0 heterocycles. The van der Waals surface area contributed by atoms with E-state index in [1.54, 1.807) is 6.92 Å². The van der Waals surface area contributed by atoms with Crippen molar-refractivity contribution in [2.45, 2.75) is 38.3 Å². The molecule has 31 heavy (non-hydrogen) atoms. The normalized spacial score (nSPS) is 13.7. The second-order valence-electron chi connectivity index (χ2n) is 7.24. The van der Waals surface area contributed by atoms with E-state index in [0.29, 0.717) is 0 Å². The van der Waals surface area contributed by atoms with Crippen LogP contribution in [0.2, 0.25) is 0 Å². The third-order valence-corrected chi connectivity index (χ3v) is 4.73. The van der Waals surface area contributed by atoms with Crippen LogP contribution in [-0.4, -0.2) is 41.4 Å². The van der Waals surface area contributed by atoms with Gasteiger partial charge in [-0.2, -0.15) is 0 Å². The summed E-state index contributed by atoms with van der Waals surface area (Å²) in [6.07, 6.45) is 2.04. The monoisotopic (exact) mass is 425 g/mol. The summed E-state index contributed by atoms with van der Waals surface area (Å²) in [5.41, 5.74) is 0.223. The lowest BCUT2D eigenvalue weighted by Crippen LogP contribution is -2.48. The number of rotatable bonds is 9. The molecule has 0 aromatic heterocycles. The number of carbonyl (C=O) groups is 3. The third kappa shape index (κ3) is 6.11. The minimum Gasteiger partial charge on any atom is -0.462 e. The zero-order chi connectivity index (χ0) is 22.4. The topological polar surface area (TPSA) is 128 Å². The van der Waals surface area contributed by atoms with Crippen molar-refractivity contribution in [3.05, 3.63) is 75.3 Å². The first kappa shape index (κ1) is 21.9. The Labute approximate surface area is 178 Å². The van der Waals surface area contributed by atoms with Crippen molar-refractivity contribution in [2.24, 2.45) is 0 Å². The van der Waals surface area contributed by atoms with E-state index >= 15 is 0 Å². The number of nitrogens with zero attached hydrogens (tertiary/aromatic N) is 1. The van der Waals surface area contributed by atoms with Gasteiger partial charge in [-0.05, 0) is 31.4 Å². The van der Waals surface area contributed by atoms with Crippen LogP contribution in [0.4, 0.5) is 5.69 Å². The number of hydrogen-bond acceptors (Lipinski definition) is 6. The number of hydrogen-bond donors (Lipinski definition) is 2. The molecule has 2 amide bonds.